The van der Waals surface area contributed by atoms with E-state index in [2.05, 4.69) is 5.32 Å². The average Bonchev–Trinajstić information content (AvgIpc) is 2.93. The lowest BCUT2D eigenvalue weighted by Crippen LogP contribution is -2.46. The van der Waals surface area contributed by atoms with Gasteiger partial charge < -0.3 is 15.8 Å². The van der Waals surface area contributed by atoms with Crippen molar-refractivity contribution >= 4 is 29.9 Å². The topological polar surface area (TPSA) is 64.3 Å². The summed E-state index contributed by atoms with van der Waals surface area (Å²) in [4.78, 5) is 12.4. The number of halogens is 2. The Hall–Kier alpha value is -0.970. The molecule has 1 aromatic rings. The van der Waals surface area contributed by atoms with Crippen LogP contribution in [-0.2, 0) is 4.79 Å². The first-order chi connectivity index (χ1) is 10.2. The number of amides is 1. The standard InChI is InChI=1S/C16H23ClN2O2.ClH/c1-2-14(21-15-9-4-3-7-12(15)17)16(20)19-13-8-5-6-11(13)10-18;/h3-4,7,9,11,13-14H,2,5-6,8,10,18H2,1H3,(H,19,20);1H. The molecule has 0 spiro atoms. The monoisotopic (exact) mass is 346 g/mol. The molecule has 1 aliphatic rings. The van der Waals surface area contributed by atoms with Crippen LogP contribution >= 0.6 is 24.0 Å². The number of carbonyl (C=O) groups excluding carboxylic acids is 1. The van der Waals surface area contributed by atoms with Gasteiger partial charge in [0, 0.05) is 6.04 Å². The van der Waals surface area contributed by atoms with Gasteiger partial charge in [0.15, 0.2) is 6.10 Å². The van der Waals surface area contributed by atoms with E-state index in [1.54, 1.807) is 12.1 Å². The molecule has 0 heterocycles. The van der Waals surface area contributed by atoms with Crippen LogP contribution in [0.2, 0.25) is 5.02 Å². The summed E-state index contributed by atoms with van der Waals surface area (Å²) in [6.45, 7) is 2.54. The van der Waals surface area contributed by atoms with Crippen LogP contribution in [0.4, 0.5) is 0 Å². The molecule has 124 valence electrons. The zero-order valence-electron chi connectivity index (χ0n) is 12.8. The largest absolute Gasteiger partial charge is 0.479 e. The van der Waals surface area contributed by atoms with Gasteiger partial charge in [-0.2, -0.15) is 0 Å². The Labute approximate surface area is 143 Å². The van der Waals surface area contributed by atoms with E-state index in [0.717, 1.165) is 19.3 Å². The predicted molar refractivity (Wildman–Crippen MR) is 91.7 cm³/mol. The zero-order valence-corrected chi connectivity index (χ0v) is 14.3. The smallest absolute Gasteiger partial charge is 0.261 e. The van der Waals surface area contributed by atoms with Crippen LogP contribution in [0.1, 0.15) is 32.6 Å². The highest BCUT2D eigenvalue weighted by molar-refractivity contribution is 6.32. The third-order valence-electron chi connectivity index (χ3n) is 4.06. The van der Waals surface area contributed by atoms with Crippen LogP contribution in [0.25, 0.3) is 0 Å². The Morgan fingerprint density at radius 2 is 2.18 bits per heavy atom. The van der Waals surface area contributed by atoms with Crippen molar-refractivity contribution in [2.75, 3.05) is 6.54 Å². The fourth-order valence-corrected chi connectivity index (χ4v) is 2.98. The normalized spacial score (nSPS) is 21.8. The molecule has 3 unspecified atom stereocenters. The summed E-state index contributed by atoms with van der Waals surface area (Å²) in [5.74, 6) is 0.845. The molecule has 3 atom stereocenters. The van der Waals surface area contributed by atoms with Gasteiger partial charge >= 0.3 is 0 Å². The van der Waals surface area contributed by atoms with Gasteiger partial charge in [-0.15, -0.1) is 12.4 Å². The number of rotatable bonds is 6. The van der Waals surface area contributed by atoms with Gasteiger partial charge in [-0.05, 0) is 43.9 Å². The number of nitrogens with one attached hydrogen (secondary N) is 1. The van der Waals surface area contributed by atoms with Crippen LogP contribution < -0.4 is 15.8 Å². The maximum absolute atomic E-state index is 12.4. The SMILES string of the molecule is CCC(Oc1ccccc1Cl)C(=O)NC1CCCC1CN.Cl. The maximum atomic E-state index is 12.4. The van der Waals surface area contributed by atoms with Crippen LogP contribution in [0.15, 0.2) is 24.3 Å². The Bertz CT molecular complexity index is 485. The van der Waals surface area contributed by atoms with E-state index < -0.39 is 6.10 Å². The number of carbonyl (C=O) groups is 1. The molecule has 1 fully saturated rings. The molecule has 1 saturated carbocycles. The fraction of sp³-hybridized carbons (Fsp3) is 0.562. The van der Waals surface area contributed by atoms with Crippen molar-refractivity contribution in [3.8, 4) is 5.75 Å². The number of nitrogens with two attached hydrogens (primary N) is 1. The zero-order chi connectivity index (χ0) is 15.2. The summed E-state index contributed by atoms with van der Waals surface area (Å²) in [5, 5.41) is 3.60. The molecule has 0 aliphatic heterocycles. The molecule has 1 amide bonds. The van der Waals surface area contributed by atoms with Gasteiger partial charge in [-0.3, -0.25) is 4.79 Å². The maximum Gasteiger partial charge on any atom is 0.261 e. The second-order valence-electron chi connectivity index (χ2n) is 5.49. The van der Waals surface area contributed by atoms with Gasteiger partial charge in [-0.1, -0.05) is 37.1 Å². The highest BCUT2D eigenvalue weighted by atomic mass is 35.5. The minimum Gasteiger partial charge on any atom is -0.479 e. The van der Waals surface area contributed by atoms with Crippen molar-refractivity contribution in [3.05, 3.63) is 29.3 Å². The summed E-state index contributed by atoms with van der Waals surface area (Å²) in [6.07, 6.45) is 3.27. The lowest BCUT2D eigenvalue weighted by molar-refractivity contribution is -0.129. The second kappa shape index (κ2) is 9.23. The van der Waals surface area contributed by atoms with Crippen LogP contribution in [0.3, 0.4) is 0 Å². The third-order valence-corrected chi connectivity index (χ3v) is 4.37. The highest BCUT2D eigenvalue weighted by Crippen LogP contribution is 2.26. The molecule has 6 heteroatoms. The Morgan fingerprint density at radius 1 is 1.45 bits per heavy atom. The Kier molecular flexibility index (Phi) is 8.01. The van der Waals surface area contributed by atoms with Crippen molar-refractivity contribution in [2.24, 2.45) is 11.7 Å². The van der Waals surface area contributed by atoms with E-state index in [1.165, 1.54) is 0 Å². The molecule has 22 heavy (non-hydrogen) atoms. The molecule has 1 aromatic carbocycles. The van der Waals surface area contributed by atoms with Crippen LogP contribution in [-0.4, -0.2) is 24.6 Å². The van der Waals surface area contributed by atoms with Gasteiger partial charge in [0.05, 0.1) is 5.02 Å². The first kappa shape index (κ1) is 19.1. The van der Waals surface area contributed by atoms with Crippen LogP contribution in [0, 0.1) is 5.92 Å². The molecule has 0 bridgehead atoms. The van der Waals surface area contributed by atoms with E-state index in [-0.39, 0.29) is 24.4 Å². The predicted octanol–water partition coefficient (Wildman–Crippen LogP) is 3.16. The molecule has 0 radical (unpaired) electrons. The lowest BCUT2D eigenvalue weighted by atomic mass is 10.0. The van der Waals surface area contributed by atoms with Crippen molar-refractivity contribution < 1.29 is 9.53 Å². The molecule has 0 saturated heterocycles. The first-order valence-electron chi connectivity index (χ1n) is 7.57. The molecule has 0 aromatic heterocycles. The molecular formula is C16H24Cl2N2O2. The van der Waals surface area contributed by atoms with E-state index in [1.807, 2.05) is 19.1 Å². The van der Waals surface area contributed by atoms with Gasteiger partial charge in [0.2, 0.25) is 0 Å². The number of para-hydroxylation sites is 1. The lowest BCUT2D eigenvalue weighted by Gasteiger charge is -2.23. The molecule has 4 nitrogen and oxygen atoms in total. The van der Waals surface area contributed by atoms with Crippen molar-refractivity contribution in [2.45, 2.75) is 44.8 Å². The van der Waals surface area contributed by atoms with Crippen LogP contribution in [0.5, 0.6) is 5.75 Å². The average molecular weight is 347 g/mol. The van der Waals surface area contributed by atoms with Crippen molar-refractivity contribution in [3.63, 3.8) is 0 Å². The molecule has 2 rings (SSSR count). The van der Waals surface area contributed by atoms with Crippen molar-refractivity contribution in [1.29, 1.82) is 0 Å². The summed E-state index contributed by atoms with van der Waals surface area (Å²) < 4.78 is 5.76. The van der Waals surface area contributed by atoms with E-state index in [4.69, 9.17) is 22.1 Å². The minimum atomic E-state index is -0.524. The minimum absolute atomic E-state index is 0. The van der Waals surface area contributed by atoms with E-state index in [0.29, 0.717) is 29.7 Å². The fourth-order valence-electron chi connectivity index (χ4n) is 2.80. The van der Waals surface area contributed by atoms with E-state index >= 15 is 0 Å². The van der Waals surface area contributed by atoms with E-state index in [9.17, 15) is 4.79 Å². The summed E-state index contributed by atoms with van der Waals surface area (Å²) >= 11 is 6.07. The van der Waals surface area contributed by atoms with Gasteiger partial charge in [0.1, 0.15) is 5.75 Å². The summed E-state index contributed by atoms with van der Waals surface area (Å²) in [5.41, 5.74) is 5.75. The second-order valence-corrected chi connectivity index (χ2v) is 5.89. The number of benzene rings is 1. The number of ether oxygens (including phenoxy) is 1. The number of hydrogen-bond acceptors (Lipinski definition) is 3. The molecule has 3 N–H and O–H groups in total. The molecular weight excluding hydrogens is 323 g/mol. The first-order valence-corrected chi connectivity index (χ1v) is 7.95. The Morgan fingerprint density at radius 3 is 2.82 bits per heavy atom. The summed E-state index contributed by atoms with van der Waals surface area (Å²) in [7, 11) is 0. The molecule has 1 aliphatic carbocycles. The van der Waals surface area contributed by atoms with Crippen molar-refractivity contribution in [1.82, 2.24) is 5.32 Å². The van der Waals surface area contributed by atoms with Gasteiger partial charge in [-0.25, -0.2) is 0 Å². The quantitative estimate of drug-likeness (QED) is 0.831. The highest BCUT2D eigenvalue weighted by Gasteiger charge is 2.30. The number of hydrogen-bond donors (Lipinski definition) is 2. The summed E-state index contributed by atoms with van der Waals surface area (Å²) in [6, 6.07) is 7.37. The van der Waals surface area contributed by atoms with Gasteiger partial charge in [0.25, 0.3) is 5.91 Å². The Balaban J connectivity index is 0.00000242. The third kappa shape index (κ3) is 4.77.